The standard InChI is InChI=1S/C22H27NO3/c1-16(2)15-26-19-9-7-17(8-10-19)13-22(25)23-12-11-21(24)20-6-4-3-5-18(20)14-23/h3-10,16,21,24H,11-15H2,1-2H3. The second-order valence-electron chi connectivity index (χ2n) is 7.34. The van der Waals surface area contributed by atoms with E-state index in [9.17, 15) is 9.90 Å². The van der Waals surface area contributed by atoms with Gasteiger partial charge >= 0.3 is 0 Å². The average Bonchev–Trinajstić information content (AvgIpc) is 2.80. The molecule has 0 fully saturated rings. The number of amides is 1. The molecule has 1 N–H and O–H groups in total. The largest absolute Gasteiger partial charge is 0.493 e. The van der Waals surface area contributed by atoms with E-state index >= 15 is 0 Å². The van der Waals surface area contributed by atoms with E-state index in [4.69, 9.17) is 4.74 Å². The molecule has 2 aromatic carbocycles. The van der Waals surface area contributed by atoms with Gasteiger partial charge in [0.25, 0.3) is 0 Å². The summed E-state index contributed by atoms with van der Waals surface area (Å²) in [5, 5.41) is 10.3. The maximum absolute atomic E-state index is 12.7. The van der Waals surface area contributed by atoms with Gasteiger partial charge in [0.2, 0.25) is 5.91 Å². The lowest BCUT2D eigenvalue weighted by atomic mass is 10.0. The lowest BCUT2D eigenvalue weighted by molar-refractivity contribution is -0.131. The van der Waals surface area contributed by atoms with Crippen LogP contribution in [-0.2, 0) is 17.8 Å². The number of benzene rings is 2. The molecule has 1 atom stereocenters. The van der Waals surface area contributed by atoms with Gasteiger partial charge in [-0.1, -0.05) is 50.2 Å². The highest BCUT2D eigenvalue weighted by Gasteiger charge is 2.23. The zero-order valence-electron chi connectivity index (χ0n) is 15.5. The molecule has 4 heteroatoms. The van der Waals surface area contributed by atoms with Gasteiger partial charge in [0.1, 0.15) is 5.75 Å². The summed E-state index contributed by atoms with van der Waals surface area (Å²) in [6, 6.07) is 15.6. The third-order valence-electron chi connectivity index (χ3n) is 4.66. The molecule has 2 aromatic rings. The molecule has 1 aliphatic rings. The molecule has 1 heterocycles. The Hall–Kier alpha value is -2.33. The van der Waals surface area contributed by atoms with Crippen molar-refractivity contribution < 1.29 is 14.6 Å². The van der Waals surface area contributed by atoms with Gasteiger partial charge in [-0.3, -0.25) is 4.79 Å². The molecule has 3 rings (SSSR count). The molecular formula is C22H27NO3. The fourth-order valence-electron chi connectivity index (χ4n) is 3.19. The highest BCUT2D eigenvalue weighted by Crippen LogP contribution is 2.26. The van der Waals surface area contributed by atoms with Gasteiger partial charge in [0, 0.05) is 13.1 Å². The van der Waals surface area contributed by atoms with Crippen LogP contribution in [0.25, 0.3) is 0 Å². The normalized spacial score (nSPS) is 16.9. The smallest absolute Gasteiger partial charge is 0.227 e. The van der Waals surface area contributed by atoms with E-state index in [1.54, 1.807) is 0 Å². The summed E-state index contributed by atoms with van der Waals surface area (Å²) in [5.41, 5.74) is 2.95. The molecule has 0 saturated carbocycles. The number of hydrogen-bond donors (Lipinski definition) is 1. The maximum Gasteiger partial charge on any atom is 0.227 e. The molecule has 0 bridgehead atoms. The van der Waals surface area contributed by atoms with Crippen LogP contribution in [0, 0.1) is 5.92 Å². The topological polar surface area (TPSA) is 49.8 Å². The van der Waals surface area contributed by atoms with E-state index in [1.807, 2.05) is 53.4 Å². The summed E-state index contributed by atoms with van der Waals surface area (Å²) in [6.07, 6.45) is 0.439. The van der Waals surface area contributed by atoms with Crippen molar-refractivity contribution in [3.05, 3.63) is 65.2 Å². The van der Waals surface area contributed by atoms with Crippen LogP contribution in [0.3, 0.4) is 0 Å². The molecule has 0 saturated heterocycles. The van der Waals surface area contributed by atoms with Gasteiger partial charge in [0.05, 0.1) is 19.1 Å². The molecule has 1 aliphatic heterocycles. The molecular weight excluding hydrogens is 326 g/mol. The second-order valence-corrected chi connectivity index (χ2v) is 7.34. The quantitative estimate of drug-likeness (QED) is 0.891. The highest BCUT2D eigenvalue weighted by molar-refractivity contribution is 5.79. The molecule has 0 aromatic heterocycles. The Labute approximate surface area is 155 Å². The van der Waals surface area contributed by atoms with E-state index in [0.717, 1.165) is 22.4 Å². The Morgan fingerprint density at radius 2 is 1.92 bits per heavy atom. The van der Waals surface area contributed by atoms with Crippen LogP contribution in [0.5, 0.6) is 5.75 Å². The van der Waals surface area contributed by atoms with Crippen LogP contribution in [0.4, 0.5) is 0 Å². The molecule has 26 heavy (non-hydrogen) atoms. The minimum Gasteiger partial charge on any atom is -0.493 e. The summed E-state index contributed by atoms with van der Waals surface area (Å²) in [4.78, 5) is 14.6. The third-order valence-corrected chi connectivity index (χ3v) is 4.66. The van der Waals surface area contributed by atoms with E-state index in [0.29, 0.717) is 38.5 Å². The van der Waals surface area contributed by atoms with E-state index in [1.165, 1.54) is 0 Å². The Morgan fingerprint density at radius 1 is 1.19 bits per heavy atom. The highest BCUT2D eigenvalue weighted by atomic mass is 16.5. The molecule has 1 amide bonds. The van der Waals surface area contributed by atoms with Crippen molar-refractivity contribution in [3.63, 3.8) is 0 Å². The summed E-state index contributed by atoms with van der Waals surface area (Å²) in [7, 11) is 0. The Balaban J connectivity index is 1.63. The SMILES string of the molecule is CC(C)COc1ccc(CC(=O)N2CCC(O)c3ccccc3C2)cc1. The van der Waals surface area contributed by atoms with Gasteiger partial charge in [-0.25, -0.2) is 0 Å². The summed E-state index contributed by atoms with van der Waals surface area (Å²) in [5.74, 6) is 1.41. The predicted molar refractivity (Wildman–Crippen MR) is 102 cm³/mol. The van der Waals surface area contributed by atoms with Gasteiger partial charge in [-0.15, -0.1) is 0 Å². The van der Waals surface area contributed by atoms with Crippen molar-refractivity contribution in [2.45, 2.75) is 39.3 Å². The van der Waals surface area contributed by atoms with Crippen molar-refractivity contribution in [1.82, 2.24) is 4.90 Å². The lowest BCUT2D eigenvalue weighted by Gasteiger charge is -2.21. The molecule has 1 unspecified atom stereocenters. The Kier molecular flexibility index (Phi) is 5.94. The number of nitrogens with zero attached hydrogens (tertiary/aromatic N) is 1. The third kappa shape index (κ3) is 4.64. The van der Waals surface area contributed by atoms with E-state index in [-0.39, 0.29) is 5.91 Å². The Bertz CT molecular complexity index is 739. The zero-order chi connectivity index (χ0) is 18.5. The number of aliphatic hydroxyl groups excluding tert-OH is 1. The van der Waals surface area contributed by atoms with Crippen molar-refractivity contribution in [2.75, 3.05) is 13.2 Å². The monoisotopic (exact) mass is 353 g/mol. The van der Waals surface area contributed by atoms with Crippen LogP contribution in [0.1, 0.15) is 43.1 Å². The fourth-order valence-corrected chi connectivity index (χ4v) is 3.19. The van der Waals surface area contributed by atoms with Gasteiger partial charge in [0.15, 0.2) is 0 Å². The average molecular weight is 353 g/mol. The second kappa shape index (κ2) is 8.37. The van der Waals surface area contributed by atoms with Crippen molar-refractivity contribution in [2.24, 2.45) is 5.92 Å². The molecule has 0 aliphatic carbocycles. The van der Waals surface area contributed by atoms with Crippen molar-refractivity contribution in [3.8, 4) is 5.75 Å². The first-order valence-electron chi connectivity index (χ1n) is 9.28. The first-order chi connectivity index (χ1) is 12.5. The summed E-state index contributed by atoms with van der Waals surface area (Å²) >= 11 is 0. The zero-order valence-corrected chi connectivity index (χ0v) is 15.5. The number of ether oxygens (including phenoxy) is 1. The molecule has 138 valence electrons. The number of hydrogen-bond acceptors (Lipinski definition) is 3. The van der Waals surface area contributed by atoms with E-state index < -0.39 is 6.10 Å². The molecule has 4 nitrogen and oxygen atoms in total. The van der Waals surface area contributed by atoms with Crippen LogP contribution in [-0.4, -0.2) is 29.1 Å². The van der Waals surface area contributed by atoms with Crippen LogP contribution < -0.4 is 4.74 Å². The summed E-state index contributed by atoms with van der Waals surface area (Å²) in [6.45, 7) is 6.05. The number of rotatable bonds is 5. The minimum absolute atomic E-state index is 0.0877. The fraction of sp³-hybridized carbons (Fsp3) is 0.409. The Morgan fingerprint density at radius 3 is 2.65 bits per heavy atom. The van der Waals surface area contributed by atoms with Gasteiger partial charge in [-0.2, -0.15) is 0 Å². The molecule has 0 radical (unpaired) electrons. The van der Waals surface area contributed by atoms with Gasteiger partial charge in [-0.05, 0) is 41.2 Å². The first-order valence-corrected chi connectivity index (χ1v) is 9.28. The van der Waals surface area contributed by atoms with E-state index in [2.05, 4.69) is 13.8 Å². The first kappa shape index (κ1) is 18.5. The van der Waals surface area contributed by atoms with Gasteiger partial charge < -0.3 is 14.7 Å². The van der Waals surface area contributed by atoms with Crippen LogP contribution >= 0.6 is 0 Å². The van der Waals surface area contributed by atoms with Crippen LogP contribution in [0.15, 0.2) is 48.5 Å². The molecule has 0 spiro atoms. The van der Waals surface area contributed by atoms with Crippen molar-refractivity contribution in [1.29, 1.82) is 0 Å². The number of carbonyl (C=O) groups is 1. The summed E-state index contributed by atoms with van der Waals surface area (Å²) < 4.78 is 5.69. The number of carbonyl (C=O) groups excluding carboxylic acids is 1. The number of aliphatic hydroxyl groups is 1. The lowest BCUT2D eigenvalue weighted by Crippen LogP contribution is -2.32. The van der Waals surface area contributed by atoms with Crippen LogP contribution in [0.2, 0.25) is 0 Å². The number of fused-ring (bicyclic) bond motifs is 1. The maximum atomic E-state index is 12.7. The van der Waals surface area contributed by atoms with Crippen molar-refractivity contribution >= 4 is 5.91 Å². The predicted octanol–water partition coefficient (Wildman–Crippen LogP) is 3.73. The minimum atomic E-state index is -0.499.